The molecule has 59 heavy (non-hydrogen) atoms. The van der Waals surface area contributed by atoms with E-state index in [1.54, 1.807) is 0 Å². The van der Waals surface area contributed by atoms with E-state index in [1.807, 2.05) is 22.7 Å². The standard InChI is InChI=1S/C54H41N3S2/c1-3-37-53(55-45-16-8-4-12-32(45)2)42-15-5-9-17-46(42)56-54(37)57-47-30-35(33-22-26-51-43(28-33)40-13-6-10-18-49(40)58-51)20-24-38(47)39-25-21-36(31-48(39)57)34-23-27-52-44(29-34)41-14-7-11-19-50(41)59-52/h5-11,13-31,37-38,47H,3-4,12H2,1-2H3. The van der Waals surface area contributed by atoms with Crippen molar-refractivity contribution in [3.63, 3.8) is 0 Å². The molecule has 2 aromatic heterocycles. The smallest absolute Gasteiger partial charge is 0.119 e. The molecule has 4 aliphatic rings. The lowest BCUT2D eigenvalue weighted by atomic mass is 9.85. The fraction of sp³-hybridized carbons (Fsp3) is 0.148. The lowest BCUT2D eigenvalue weighted by Gasteiger charge is -2.37. The third-order valence-electron chi connectivity index (χ3n) is 12.9. The van der Waals surface area contributed by atoms with Gasteiger partial charge in [0.1, 0.15) is 5.84 Å². The normalized spacial score (nSPS) is 20.5. The second-order valence-electron chi connectivity index (χ2n) is 16.3. The van der Waals surface area contributed by atoms with Gasteiger partial charge in [0, 0.05) is 57.5 Å². The summed E-state index contributed by atoms with van der Waals surface area (Å²) in [6.07, 6.45) is 14.8. The number of hydrogen-bond donors (Lipinski definition) is 0. The zero-order chi connectivity index (χ0) is 39.2. The van der Waals surface area contributed by atoms with Gasteiger partial charge in [0.05, 0.1) is 29.1 Å². The molecule has 3 unspecified atom stereocenters. The highest BCUT2D eigenvalue weighted by Gasteiger charge is 2.44. The van der Waals surface area contributed by atoms with Crippen LogP contribution in [0.1, 0.15) is 55.7 Å². The van der Waals surface area contributed by atoms with Crippen molar-refractivity contribution < 1.29 is 0 Å². The number of para-hydroxylation sites is 1. The summed E-state index contributed by atoms with van der Waals surface area (Å²) in [5.41, 5.74) is 13.2. The zero-order valence-electron chi connectivity index (χ0n) is 33.0. The van der Waals surface area contributed by atoms with Gasteiger partial charge in [-0.1, -0.05) is 110 Å². The maximum absolute atomic E-state index is 5.65. The van der Waals surface area contributed by atoms with Gasteiger partial charge in [0.25, 0.3) is 0 Å². The molecule has 0 saturated heterocycles. The van der Waals surface area contributed by atoms with E-state index in [1.165, 1.54) is 79.4 Å². The Morgan fingerprint density at radius 2 is 1.36 bits per heavy atom. The highest BCUT2D eigenvalue weighted by atomic mass is 32.1. The van der Waals surface area contributed by atoms with Crippen molar-refractivity contribution in [3.8, 4) is 11.1 Å². The van der Waals surface area contributed by atoms with Crippen molar-refractivity contribution in [2.45, 2.75) is 45.1 Å². The van der Waals surface area contributed by atoms with Gasteiger partial charge in [-0.25, -0.2) is 4.99 Å². The van der Waals surface area contributed by atoms with E-state index in [9.17, 15) is 0 Å². The van der Waals surface area contributed by atoms with Crippen LogP contribution in [0.2, 0.25) is 0 Å². The lowest BCUT2D eigenvalue weighted by molar-refractivity contribution is 0.730. The molecular weight excluding hydrogens is 755 g/mol. The van der Waals surface area contributed by atoms with Crippen LogP contribution in [0, 0.1) is 5.92 Å². The summed E-state index contributed by atoms with van der Waals surface area (Å²) in [5, 5.41) is 5.30. The van der Waals surface area contributed by atoms with Gasteiger partial charge >= 0.3 is 0 Å². The molecule has 3 nitrogen and oxygen atoms in total. The minimum Gasteiger partial charge on any atom is -0.321 e. The zero-order valence-corrected chi connectivity index (χ0v) is 34.7. The van der Waals surface area contributed by atoms with Gasteiger partial charge in [-0.2, -0.15) is 0 Å². The number of hydrogen-bond acceptors (Lipinski definition) is 5. The summed E-state index contributed by atoms with van der Waals surface area (Å²) in [7, 11) is 0. The summed E-state index contributed by atoms with van der Waals surface area (Å²) in [4.78, 5) is 13.8. The van der Waals surface area contributed by atoms with Crippen molar-refractivity contribution in [2.75, 3.05) is 4.90 Å². The summed E-state index contributed by atoms with van der Waals surface area (Å²) in [5.74, 6) is 1.28. The SMILES string of the molecule is CCC1C(=NC2=C(C)CCC=C2)c2ccccc2N=C1N1c2cc(-c3ccc4sc5ccccc5c4c3)ccc2C2C=CC(c3ccc4sc5ccccc5c4c3)=CC21. The first-order valence-electron chi connectivity index (χ1n) is 20.9. The number of aliphatic imine (C=N–C) groups is 2. The largest absolute Gasteiger partial charge is 0.321 e. The molecule has 0 amide bonds. The summed E-state index contributed by atoms with van der Waals surface area (Å²) >= 11 is 3.75. The van der Waals surface area contributed by atoms with E-state index in [0.29, 0.717) is 0 Å². The fourth-order valence-corrected chi connectivity index (χ4v) is 12.1. The predicted octanol–water partition coefficient (Wildman–Crippen LogP) is 15.2. The van der Waals surface area contributed by atoms with Crippen LogP contribution in [0.5, 0.6) is 0 Å². The van der Waals surface area contributed by atoms with Gasteiger partial charge in [0.2, 0.25) is 0 Å². The van der Waals surface area contributed by atoms with Crippen molar-refractivity contribution in [1.29, 1.82) is 0 Å². The van der Waals surface area contributed by atoms with Crippen LogP contribution in [0.4, 0.5) is 11.4 Å². The highest BCUT2D eigenvalue weighted by Crippen LogP contribution is 2.50. The van der Waals surface area contributed by atoms with Gasteiger partial charge in [-0.3, -0.25) is 4.99 Å². The number of nitrogens with zero attached hydrogens (tertiary/aromatic N) is 3. The first kappa shape index (κ1) is 34.9. The van der Waals surface area contributed by atoms with E-state index < -0.39 is 0 Å². The van der Waals surface area contributed by atoms with E-state index in [0.717, 1.165) is 47.8 Å². The molecule has 5 heteroatoms. The Kier molecular flexibility index (Phi) is 8.11. The van der Waals surface area contributed by atoms with Gasteiger partial charge < -0.3 is 4.90 Å². The first-order valence-corrected chi connectivity index (χ1v) is 22.5. The maximum Gasteiger partial charge on any atom is 0.119 e. The summed E-state index contributed by atoms with van der Waals surface area (Å²) < 4.78 is 5.32. The van der Waals surface area contributed by atoms with Crippen molar-refractivity contribution >= 4 is 91.5 Å². The van der Waals surface area contributed by atoms with Crippen molar-refractivity contribution in [3.05, 3.63) is 186 Å². The van der Waals surface area contributed by atoms with Crippen LogP contribution in [0.25, 0.3) is 57.0 Å². The molecular formula is C54H41N3S2. The fourth-order valence-electron chi connectivity index (χ4n) is 9.90. The van der Waals surface area contributed by atoms with Crippen LogP contribution < -0.4 is 4.90 Å². The molecule has 0 N–H and O–H groups in total. The number of thiophene rings is 2. The monoisotopic (exact) mass is 795 g/mol. The van der Waals surface area contributed by atoms with Crippen LogP contribution >= 0.6 is 22.7 Å². The molecule has 12 rings (SSSR count). The molecule has 4 heterocycles. The van der Waals surface area contributed by atoms with Crippen LogP contribution in [0.3, 0.4) is 0 Å². The Morgan fingerprint density at radius 1 is 0.695 bits per heavy atom. The second-order valence-corrected chi connectivity index (χ2v) is 18.5. The molecule has 8 aromatic rings. The molecule has 6 aromatic carbocycles. The minimum atomic E-state index is 0.0144. The number of benzene rings is 6. The Hall–Kier alpha value is -6.14. The number of rotatable bonds is 4. The molecule has 0 radical (unpaired) electrons. The van der Waals surface area contributed by atoms with Gasteiger partial charge in [-0.15, -0.1) is 22.7 Å². The predicted molar refractivity (Wildman–Crippen MR) is 255 cm³/mol. The molecule has 2 aliphatic heterocycles. The number of fused-ring (bicyclic) bond motifs is 10. The minimum absolute atomic E-state index is 0.0144. The quantitative estimate of drug-likeness (QED) is 0.174. The number of allylic oxidation sites excluding steroid dienone is 5. The van der Waals surface area contributed by atoms with Crippen LogP contribution in [-0.4, -0.2) is 17.6 Å². The van der Waals surface area contributed by atoms with E-state index in [2.05, 4.69) is 177 Å². The van der Waals surface area contributed by atoms with E-state index in [-0.39, 0.29) is 17.9 Å². The van der Waals surface area contributed by atoms with Crippen LogP contribution in [-0.2, 0) is 0 Å². The Bertz CT molecular complexity index is 3250. The molecule has 0 spiro atoms. The Labute approximate surface area is 352 Å². The van der Waals surface area contributed by atoms with Crippen molar-refractivity contribution in [1.82, 2.24) is 0 Å². The second kappa shape index (κ2) is 13.7. The lowest BCUT2D eigenvalue weighted by Crippen LogP contribution is -2.45. The average molecular weight is 796 g/mol. The number of anilines is 1. The molecule has 0 bridgehead atoms. The van der Waals surface area contributed by atoms with Crippen molar-refractivity contribution in [2.24, 2.45) is 15.9 Å². The number of amidine groups is 1. The van der Waals surface area contributed by atoms with Gasteiger partial charge in [0.15, 0.2) is 0 Å². The molecule has 0 saturated carbocycles. The van der Waals surface area contributed by atoms with E-state index >= 15 is 0 Å². The van der Waals surface area contributed by atoms with Crippen LogP contribution in [0.15, 0.2) is 179 Å². The summed E-state index contributed by atoms with van der Waals surface area (Å²) in [6, 6.07) is 47.4. The topological polar surface area (TPSA) is 28.0 Å². The molecule has 3 atom stereocenters. The molecule has 0 fully saturated rings. The van der Waals surface area contributed by atoms with Gasteiger partial charge in [-0.05, 0) is 114 Å². The Balaban J connectivity index is 1.04. The Morgan fingerprint density at radius 3 is 2.12 bits per heavy atom. The summed E-state index contributed by atoms with van der Waals surface area (Å²) in [6.45, 7) is 4.54. The molecule has 284 valence electrons. The maximum atomic E-state index is 5.65. The van der Waals surface area contributed by atoms with E-state index in [4.69, 9.17) is 9.98 Å². The third kappa shape index (κ3) is 5.59. The first-order chi connectivity index (χ1) is 29.1. The molecule has 2 aliphatic carbocycles. The average Bonchev–Trinajstić information content (AvgIpc) is 3.95. The highest BCUT2D eigenvalue weighted by molar-refractivity contribution is 7.26. The third-order valence-corrected chi connectivity index (χ3v) is 15.2.